The number of nitrogen functional groups attached to an aromatic ring is 1. The summed E-state index contributed by atoms with van der Waals surface area (Å²) in [5.41, 5.74) is 3.93. The molecule has 0 unspecified atom stereocenters. The van der Waals surface area contributed by atoms with E-state index in [2.05, 4.69) is 9.68 Å². The lowest BCUT2D eigenvalue weighted by molar-refractivity contribution is 0.0697. The Bertz CT molecular complexity index is 843. The Morgan fingerprint density at radius 3 is 2.45 bits per heavy atom. The Morgan fingerprint density at radius 1 is 1.36 bits per heavy atom. The molecule has 11 heteroatoms. The van der Waals surface area contributed by atoms with Crippen molar-refractivity contribution in [3.8, 4) is 0 Å². The summed E-state index contributed by atoms with van der Waals surface area (Å²) in [5.74, 6) is -5.10. The molecule has 1 aromatic heterocycles. The van der Waals surface area contributed by atoms with Crippen molar-refractivity contribution >= 4 is 27.5 Å². The van der Waals surface area contributed by atoms with E-state index >= 15 is 0 Å². The molecule has 0 amide bonds. The topological polar surface area (TPSA) is 136 Å². The molecule has 2 rings (SSSR count). The number of carbonyl (C=O) groups is 1. The highest BCUT2D eigenvalue weighted by molar-refractivity contribution is 7.93. The highest BCUT2D eigenvalue weighted by Gasteiger charge is 2.27. The number of aryl methyl sites for hydroxylation is 1. The Hall–Kier alpha value is -2.69. The van der Waals surface area contributed by atoms with Crippen molar-refractivity contribution in [1.29, 1.82) is 0 Å². The molecule has 0 aliphatic rings. The van der Waals surface area contributed by atoms with Gasteiger partial charge in [0.2, 0.25) is 0 Å². The minimum atomic E-state index is -4.40. The van der Waals surface area contributed by atoms with Crippen LogP contribution in [-0.2, 0) is 10.0 Å². The number of anilines is 2. The van der Waals surface area contributed by atoms with Crippen LogP contribution in [0.5, 0.6) is 0 Å². The number of hydrogen-bond donors (Lipinski definition) is 3. The fourth-order valence-electron chi connectivity index (χ4n) is 1.71. The third-order valence-corrected chi connectivity index (χ3v) is 4.16. The summed E-state index contributed by atoms with van der Waals surface area (Å²) >= 11 is 0. The first-order valence-electron chi connectivity index (χ1n) is 5.60. The van der Waals surface area contributed by atoms with Crippen LogP contribution in [0.25, 0.3) is 0 Å². The number of nitrogens with zero attached hydrogens (tertiary/aromatic N) is 1. The average molecular weight is 333 g/mol. The van der Waals surface area contributed by atoms with Gasteiger partial charge < -0.3 is 15.4 Å². The number of carboxylic acids is 1. The van der Waals surface area contributed by atoms with Crippen LogP contribution in [0, 0.1) is 18.6 Å². The lowest BCUT2D eigenvalue weighted by Gasteiger charge is -2.10. The van der Waals surface area contributed by atoms with Gasteiger partial charge in [-0.2, -0.15) is 0 Å². The van der Waals surface area contributed by atoms with Crippen molar-refractivity contribution in [2.24, 2.45) is 0 Å². The molecule has 0 saturated carbocycles. The fourth-order valence-corrected chi connectivity index (χ4v) is 3.00. The van der Waals surface area contributed by atoms with E-state index in [-0.39, 0.29) is 5.76 Å². The Kier molecular flexibility index (Phi) is 3.75. The number of rotatable bonds is 4. The smallest absolute Gasteiger partial charge is 0.337 e. The molecule has 0 radical (unpaired) electrons. The summed E-state index contributed by atoms with van der Waals surface area (Å²) in [7, 11) is -4.40. The van der Waals surface area contributed by atoms with Gasteiger partial charge in [0.05, 0.1) is 11.3 Å². The number of benzene rings is 1. The van der Waals surface area contributed by atoms with Gasteiger partial charge in [0.1, 0.15) is 0 Å². The second-order valence-electron chi connectivity index (χ2n) is 4.18. The lowest BCUT2D eigenvalue weighted by Crippen LogP contribution is -2.17. The summed E-state index contributed by atoms with van der Waals surface area (Å²) in [6.07, 6.45) is 0. The summed E-state index contributed by atoms with van der Waals surface area (Å²) in [5, 5.41) is 12.2. The van der Waals surface area contributed by atoms with Crippen LogP contribution in [0.15, 0.2) is 21.6 Å². The minimum Gasteiger partial charge on any atom is -0.478 e. The van der Waals surface area contributed by atoms with Gasteiger partial charge in [-0.15, -0.1) is 0 Å². The molecule has 0 bridgehead atoms. The molecule has 0 spiro atoms. The van der Waals surface area contributed by atoms with Gasteiger partial charge in [-0.25, -0.2) is 22.0 Å². The zero-order valence-corrected chi connectivity index (χ0v) is 11.7. The van der Waals surface area contributed by atoms with E-state index < -0.39 is 49.6 Å². The summed E-state index contributed by atoms with van der Waals surface area (Å²) in [4.78, 5) is 10.5. The maximum atomic E-state index is 13.2. The first-order valence-corrected chi connectivity index (χ1v) is 7.08. The van der Waals surface area contributed by atoms with Gasteiger partial charge in [0.15, 0.2) is 28.1 Å². The molecule has 0 aliphatic heterocycles. The van der Waals surface area contributed by atoms with Gasteiger partial charge in [-0.3, -0.25) is 4.72 Å². The molecule has 0 aliphatic carbocycles. The van der Waals surface area contributed by atoms with Crippen molar-refractivity contribution in [3.63, 3.8) is 0 Å². The van der Waals surface area contributed by atoms with Crippen LogP contribution in [0.3, 0.4) is 0 Å². The quantitative estimate of drug-likeness (QED) is 0.768. The van der Waals surface area contributed by atoms with Gasteiger partial charge in [0.25, 0.3) is 10.0 Å². The van der Waals surface area contributed by atoms with Crippen LogP contribution in [0.2, 0.25) is 0 Å². The maximum Gasteiger partial charge on any atom is 0.337 e. The summed E-state index contributed by atoms with van der Waals surface area (Å²) < 4.78 is 57.1. The van der Waals surface area contributed by atoms with Crippen molar-refractivity contribution in [1.82, 2.24) is 5.16 Å². The molecule has 0 fully saturated rings. The van der Waals surface area contributed by atoms with E-state index in [0.29, 0.717) is 12.1 Å². The van der Waals surface area contributed by atoms with E-state index in [1.54, 1.807) is 0 Å². The molecule has 118 valence electrons. The van der Waals surface area contributed by atoms with Gasteiger partial charge >= 0.3 is 5.97 Å². The van der Waals surface area contributed by atoms with Crippen LogP contribution in [0.1, 0.15) is 16.1 Å². The van der Waals surface area contributed by atoms with Gasteiger partial charge in [-0.1, -0.05) is 5.16 Å². The first-order chi connectivity index (χ1) is 10.1. The third-order valence-electron chi connectivity index (χ3n) is 2.64. The molecule has 0 atom stereocenters. The van der Waals surface area contributed by atoms with Crippen molar-refractivity contribution in [2.45, 2.75) is 11.8 Å². The summed E-state index contributed by atoms with van der Waals surface area (Å²) in [6, 6.07) is 0.773. The van der Waals surface area contributed by atoms with E-state index in [1.807, 2.05) is 4.72 Å². The fraction of sp³-hybridized carbons (Fsp3) is 0.0909. The molecule has 1 aromatic carbocycles. The largest absolute Gasteiger partial charge is 0.478 e. The van der Waals surface area contributed by atoms with Crippen LogP contribution < -0.4 is 10.5 Å². The van der Waals surface area contributed by atoms with Crippen molar-refractivity contribution < 1.29 is 31.6 Å². The number of nitrogens with one attached hydrogen (secondary N) is 1. The molecule has 2 aromatic rings. The van der Waals surface area contributed by atoms with Gasteiger partial charge in [-0.05, 0) is 13.0 Å². The monoisotopic (exact) mass is 333 g/mol. The van der Waals surface area contributed by atoms with E-state index in [0.717, 1.165) is 0 Å². The zero-order valence-electron chi connectivity index (χ0n) is 10.9. The second kappa shape index (κ2) is 5.26. The molecular formula is C11H9F2N3O5S. The Labute approximate surface area is 122 Å². The highest BCUT2D eigenvalue weighted by atomic mass is 32.2. The number of nitrogens with two attached hydrogens (primary N) is 1. The molecule has 22 heavy (non-hydrogen) atoms. The molecule has 1 heterocycles. The number of sulfonamides is 1. The Balaban J connectivity index is 2.55. The normalized spacial score (nSPS) is 11.4. The second-order valence-corrected chi connectivity index (χ2v) is 5.79. The number of carboxylic acid groups (broad SMARTS) is 1. The highest BCUT2D eigenvalue weighted by Crippen LogP contribution is 2.27. The SMILES string of the molecule is Cc1onc(N)c1S(=O)(=O)Nc1cc(F)c(F)cc1C(=O)O. The molecule has 0 saturated heterocycles. The average Bonchev–Trinajstić information content (AvgIpc) is 2.73. The van der Waals surface area contributed by atoms with Crippen LogP contribution in [0.4, 0.5) is 20.3 Å². The lowest BCUT2D eigenvalue weighted by atomic mass is 10.2. The van der Waals surface area contributed by atoms with E-state index in [1.165, 1.54) is 6.92 Å². The third kappa shape index (κ3) is 2.70. The minimum absolute atomic E-state index is 0.149. The first kappa shape index (κ1) is 15.7. The van der Waals surface area contributed by atoms with Gasteiger partial charge in [0, 0.05) is 6.07 Å². The molecule has 8 nitrogen and oxygen atoms in total. The van der Waals surface area contributed by atoms with Crippen LogP contribution >= 0.6 is 0 Å². The zero-order chi connectivity index (χ0) is 16.7. The number of aromatic carboxylic acids is 1. The summed E-state index contributed by atoms with van der Waals surface area (Å²) in [6.45, 7) is 1.27. The van der Waals surface area contributed by atoms with Crippen LogP contribution in [-0.4, -0.2) is 24.7 Å². The van der Waals surface area contributed by atoms with Crippen molar-refractivity contribution in [2.75, 3.05) is 10.5 Å². The molecule has 4 N–H and O–H groups in total. The Morgan fingerprint density at radius 2 is 1.95 bits per heavy atom. The predicted molar refractivity (Wildman–Crippen MR) is 69.8 cm³/mol. The number of aromatic nitrogens is 1. The number of halogens is 2. The van der Waals surface area contributed by atoms with E-state index in [9.17, 15) is 22.0 Å². The number of hydrogen-bond acceptors (Lipinski definition) is 6. The maximum absolute atomic E-state index is 13.2. The van der Waals surface area contributed by atoms with E-state index in [4.69, 9.17) is 10.8 Å². The molecular weight excluding hydrogens is 324 g/mol. The predicted octanol–water partition coefficient (Wildman–Crippen LogP) is 1.34. The van der Waals surface area contributed by atoms with Crippen molar-refractivity contribution in [3.05, 3.63) is 35.1 Å². The standard InChI is InChI=1S/C11H9F2N3O5S/c1-4-9(10(14)15-21-4)22(19,20)16-8-3-7(13)6(12)2-5(8)11(17)18/h2-3,16H,1H3,(H2,14,15)(H,17,18).